The van der Waals surface area contributed by atoms with Crippen molar-refractivity contribution in [2.45, 2.75) is 44.3 Å². The SMILES string of the molecule is O=C(Cn1cnnn1)N1CCN(C(=O)C2CCCN2C2CC2)CC1. The van der Waals surface area contributed by atoms with Gasteiger partial charge in [0.15, 0.2) is 0 Å². The smallest absolute Gasteiger partial charge is 0.244 e. The van der Waals surface area contributed by atoms with E-state index in [9.17, 15) is 9.59 Å². The van der Waals surface area contributed by atoms with E-state index in [-0.39, 0.29) is 24.4 Å². The van der Waals surface area contributed by atoms with Gasteiger partial charge in [0.1, 0.15) is 12.9 Å². The summed E-state index contributed by atoms with van der Waals surface area (Å²) in [7, 11) is 0. The van der Waals surface area contributed by atoms with Crippen molar-refractivity contribution in [1.82, 2.24) is 34.9 Å². The monoisotopic (exact) mass is 333 g/mol. The maximum atomic E-state index is 12.8. The van der Waals surface area contributed by atoms with Gasteiger partial charge in [-0.3, -0.25) is 14.5 Å². The van der Waals surface area contributed by atoms with E-state index in [0.717, 1.165) is 19.4 Å². The highest BCUT2D eigenvalue weighted by Gasteiger charge is 2.41. The molecule has 1 atom stereocenters. The fourth-order valence-corrected chi connectivity index (χ4v) is 3.78. The van der Waals surface area contributed by atoms with Crippen molar-refractivity contribution in [2.24, 2.45) is 0 Å². The summed E-state index contributed by atoms with van der Waals surface area (Å²) in [5.41, 5.74) is 0. The molecular formula is C15H23N7O2. The number of piperazine rings is 1. The van der Waals surface area contributed by atoms with E-state index in [2.05, 4.69) is 20.4 Å². The zero-order chi connectivity index (χ0) is 16.5. The summed E-state index contributed by atoms with van der Waals surface area (Å²) >= 11 is 0. The average molecular weight is 333 g/mol. The van der Waals surface area contributed by atoms with Crippen LogP contribution in [0.15, 0.2) is 6.33 Å². The molecule has 2 aliphatic heterocycles. The van der Waals surface area contributed by atoms with Crippen molar-refractivity contribution < 1.29 is 9.59 Å². The summed E-state index contributed by atoms with van der Waals surface area (Å²) in [6.45, 7) is 3.63. The third kappa shape index (κ3) is 3.12. The Bertz CT molecular complexity index is 593. The molecule has 1 saturated carbocycles. The van der Waals surface area contributed by atoms with Gasteiger partial charge >= 0.3 is 0 Å². The number of nitrogens with zero attached hydrogens (tertiary/aromatic N) is 7. The van der Waals surface area contributed by atoms with Gasteiger partial charge in [-0.25, -0.2) is 4.68 Å². The molecule has 9 heteroatoms. The first-order chi connectivity index (χ1) is 11.7. The quantitative estimate of drug-likeness (QED) is 0.700. The molecule has 9 nitrogen and oxygen atoms in total. The van der Waals surface area contributed by atoms with Crippen LogP contribution < -0.4 is 0 Å². The molecule has 2 saturated heterocycles. The minimum Gasteiger partial charge on any atom is -0.338 e. The average Bonchev–Trinajstić information content (AvgIpc) is 3.11. The molecule has 0 radical (unpaired) electrons. The minimum absolute atomic E-state index is 0.00475. The molecule has 0 bridgehead atoms. The Morgan fingerprint density at radius 3 is 2.42 bits per heavy atom. The van der Waals surface area contributed by atoms with Crippen LogP contribution >= 0.6 is 0 Å². The fourth-order valence-electron chi connectivity index (χ4n) is 3.78. The van der Waals surface area contributed by atoms with E-state index in [0.29, 0.717) is 32.2 Å². The van der Waals surface area contributed by atoms with Gasteiger partial charge < -0.3 is 9.80 Å². The number of carbonyl (C=O) groups is 2. The molecule has 2 amide bonds. The van der Waals surface area contributed by atoms with E-state index >= 15 is 0 Å². The summed E-state index contributed by atoms with van der Waals surface area (Å²) in [4.78, 5) is 31.2. The standard InChI is InChI=1S/C15H23N7O2/c23-14(10-21-11-16-17-18-21)19-6-8-20(9-7-19)15(24)13-2-1-5-22(13)12-3-4-12/h11-13H,1-10H2. The molecule has 1 aliphatic carbocycles. The number of rotatable bonds is 4. The third-order valence-electron chi connectivity index (χ3n) is 5.23. The van der Waals surface area contributed by atoms with Crippen molar-refractivity contribution in [1.29, 1.82) is 0 Å². The third-order valence-corrected chi connectivity index (χ3v) is 5.23. The first-order valence-electron chi connectivity index (χ1n) is 8.75. The molecule has 3 aliphatic rings. The van der Waals surface area contributed by atoms with Gasteiger partial charge in [0, 0.05) is 32.2 Å². The van der Waals surface area contributed by atoms with Crippen LogP contribution in [0, 0.1) is 0 Å². The van der Waals surface area contributed by atoms with Crippen LogP contribution in [0.4, 0.5) is 0 Å². The molecule has 0 spiro atoms. The Kier molecular flexibility index (Phi) is 4.17. The van der Waals surface area contributed by atoms with E-state index in [1.807, 2.05) is 4.90 Å². The molecule has 3 fully saturated rings. The molecule has 1 unspecified atom stereocenters. The summed E-state index contributed by atoms with van der Waals surface area (Å²) in [6.07, 6.45) is 6.02. The lowest BCUT2D eigenvalue weighted by atomic mass is 10.1. The van der Waals surface area contributed by atoms with Gasteiger partial charge in [-0.05, 0) is 42.7 Å². The maximum absolute atomic E-state index is 12.8. The van der Waals surface area contributed by atoms with Crippen molar-refractivity contribution >= 4 is 11.8 Å². The summed E-state index contributed by atoms with van der Waals surface area (Å²) in [6, 6.07) is 0.710. The van der Waals surface area contributed by atoms with E-state index in [1.165, 1.54) is 23.9 Å². The summed E-state index contributed by atoms with van der Waals surface area (Å²) in [5, 5.41) is 10.8. The van der Waals surface area contributed by atoms with Crippen LogP contribution in [0.1, 0.15) is 25.7 Å². The van der Waals surface area contributed by atoms with Crippen molar-refractivity contribution in [3.8, 4) is 0 Å². The van der Waals surface area contributed by atoms with Crippen LogP contribution in [-0.2, 0) is 16.1 Å². The number of hydrogen-bond donors (Lipinski definition) is 0. The largest absolute Gasteiger partial charge is 0.338 e. The minimum atomic E-state index is -0.00475. The second-order valence-corrected chi connectivity index (χ2v) is 6.84. The number of amides is 2. The lowest BCUT2D eigenvalue weighted by Crippen LogP contribution is -2.55. The topological polar surface area (TPSA) is 87.5 Å². The number of tetrazole rings is 1. The zero-order valence-corrected chi connectivity index (χ0v) is 13.8. The Hall–Kier alpha value is -2.03. The highest BCUT2D eigenvalue weighted by Crippen LogP contribution is 2.34. The Labute approximate surface area is 140 Å². The molecule has 3 heterocycles. The van der Waals surface area contributed by atoms with E-state index in [4.69, 9.17) is 0 Å². The number of aromatic nitrogens is 4. The van der Waals surface area contributed by atoms with Gasteiger partial charge in [0.05, 0.1) is 6.04 Å². The lowest BCUT2D eigenvalue weighted by molar-refractivity contribution is -0.142. The summed E-state index contributed by atoms with van der Waals surface area (Å²) in [5.74, 6) is 0.252. The van der Waals surface area contributed by atoms with Gasteiger partial charge in [0.25, 0.3) is 0 Å². The van der Waals surface area contributed by atoms with Gasteiger partial charge in [-0.15, -0.1) is 5.10 Å². The molecule has 4 rings (SSSR count). The van der Waals surface area contributed by atoms with Crippen LogP contribution in [0.2, 0.25) is 0 Å². The van der Waals surface area contributed by atoms with Crippen LogP contribution in [0.5, 0.6) is 0 Å². The Morgan fingerprint density at radius 1 is 1.00 bits per heavy atom. The van der Waals surface area contributed by atoms with Crippen LogP contribution in [0.3, 0.4) is 0 Å². The highest BCUT2D eigenvalue weighted by molar-refractivity contribution is 5.83. The van der Waals surface area contributed by atoms with Crippen LogP contribution in [-0.4, -0.2) is 91.5 Å². The van der Waals surface area contributed by atoms with E-state index < -0.39 is 0 Å². The molecule has 24 heavy (non-hydrogen) atoms. The van der Waals surface area contributed by atoms with Crippen molar-refractivity contribution in [3.05, 3.63) is 6.33 Å². The molecule has 1 aromatic heterocycles. The molecule has 0 aromatic carbocycles. The Morgan fingerprint density at radius 2 is 1.75 bits per heavy atom. The zero-order valence-electron chi connectivity index (χ0n) is 13.8. The predicted molar refractivity (Wildman–Crippen MR) is 83.7 cm³/mol. The maximum Gasteiger partial charge on any atom is 0.244 e. The summed E-state index contributed by atoms with van der Waals surface area (Å²) < 4.78 is 1.42. The molecule has 1 aromatic rings. The normalized spacial score (nSPS) is 25.2. The van der Waals surface area contributed by atoms with Gasteiger partial charge in [0.2, 0.25) is 11.8 Å². The molecule has 0 N–H and O–H groups in total. The number of carbonyl (C=O) groups excluding carboxylic acids is 2. The fraction of sp³-hybridized carbons (Fsp3) is 0.800. The molecular weight excluding hydrogens is 310 g/mol. The lowest BCUT2D eigenvalue weighted by Gasteiger charge is -2.37. The predicted octanol–water partition coefficient (Wildman–Crippen LogP) is -1.03. The van der Waals surface area contributed by atoms with Crippen LogP contribution in [0.25, 0.3) is 0 Å². The van der Waals surface area contributed by atoms with Gasteiger partial charge in [-0.2, -0.15) is 0 Å². The highest BCUT2D eigenvalue weighted by atomic mass is 16.2. The Balaban J connectivity index is 1.29. The van der Waals surface area contributed by atoms with Crippen molar-refractivity contribution in [2.75, 3.05) is 32.7 Å². The van der Waals surface area contributed by atoms with Gasteiger partial charge in [-0.1, -0.05) is 0 Å². The van der Waals surface area contributed by atoms with E-state index in [1.54, 1.807) is 4.90 Å². The number of likely N-dealkylation sites (tertiary alicyclic amines) is 1. The van der Waals surface area contributed by atoms with Crippen molar-refractivity contribution in [3.63, 3.8) is 0 Å². The first-order valence-corrected chi connectivity index (χ1v) is 8.75. The number of hydrogen-bond acceptors (Lipinski definition) is 6. The first kappa shape index (κ1) is 15.5. The second kappa shape index (κ2) is 6.46. The molecule has 130 valence electrons. The second-order valence-electron chi connectivity index (χ2n) is 6.84.